The van der Waals surface area contributed by atoms with Crippen LogP contribution in [0.2, 0.25) is 0 Å². The summed E-state index contributed by atoms with van der Waals surface area (Å²) >= 11 is 2.11. The van der Waals surface area contributed by atoms with Gasteiger partial charge in [0.05, 0.1) is 26.3 Å². The standard InChI is InChI=1S/C27H38IN5O5S/c1-8-12-33-23-20(28)21(29-22(23)24(34)32(7)25(33)35)18-13-17(10-11-19(18)38-9-2)39(36,37)30-16-14-26(3,4)31-27(5,6)15-16/h10-11,13,16,29-31H,8-9,12,14-15H2,1-7H3. The topological polar surface area (TPSA) is 127 Å². The predicted octanol–water partition coefficient (Wildman–Crippen LogP) is 3.70. The Hall–Kier alpha value is -2.16. The molecule has 0 aliphatic carbocycles. The van der Waals surface area contributed by atoms with E-state index in [1.165, 1.54) is 13.1 Å². The molecule has 214 valence electrons. The van der Waals surface area contributed by atoms with Crippen LogP contribution in [0.5, 0.6) is 5.75 Å². The molecular weight excluding hydrogens is 633 g/mol. The Kier molecular flexibility index (Phi) is 8.16. The second-order valence-electron chi connectivity index (χ2n) is 11.5. The van der Waals surface area contributed by atoms with Gasteiger partial charge in [-0.2, -0.15) is 0 Å². The van der Waals surface area contributed by atoms with Crippen molar-refractivity contribution in [3.63, 3.8) is 0 Å². The number of hydrogen-bond donors (Lipinski definition) is 3. The second-order valence-corrected chi connectivity index (χ2v) is 14.3. The van der Waals surface area contributed by atoms with E-state index < -0.39 is 21.3 Å². The first-order valence-corrected chi connectivity index (χ1v) is 15.8. The van der Waals surface area contributed by atoms with E-state index in [-0.39, 0.29) is 27.5 Å². The van der Waals surface area contributed by atoms with E-state index in [0.717, 1.165) is 4.57 Å². The summed E-state index contributed by atoms with van der Waals surface area (Å²) in [4.78, 5) is 29.2. The van der Waals surface area contributed by atoms with Crippen LogP contribution < -0.4 is 26.0 Å². The fourth-order valence-corrected chi connectivity index (χ4v) is 8.12. The van der Waals surface area contributed by atoms with Crippen LogP contribution in [0.25, 0.3) is 22.3 Å². The van der Waals surface area contributed by atoms with Gasteiger partial charge < -0.3 is 15.0 Å². The SMILES string of the molecule is CCCn1c(=O)n(C)c(=O)c2[nH]c(-c3cc(S(=O)(=O)NC4CC(C)(C)NC(C)(C)C4)ccc3OCC)c(I)c21. The van der Waals surface area contributed by atoms with Crippen molar-refractivity contribution in [1.82, 2.24) is 24.2 Å². The lowest BCUT2D eigenvalue weighted by molar-refractivity contribution is 0.157. The molecule has 2 aromatic heterocycles. The van der Waals surface area contributed by atoms with Crippen LogP contribution in [-0.4, -0.2) is 46.3 Å². The largest absolute Gasteiger partial charge is 0.493 e. The van der Waals surface area contributed by atoms with Crippen molar-refractivity contribution in [2.24, 2.45) is 7.05 Å². The smallest absolute Gasteiger partial charge is 0.331 e. The van der Waals surface area contributed by atoms with Crippen molar-refractivity contribution < 1.29 is 13.2 Å². The summed E-state index contributed by atoms with van der Waals surface area (Å²) in [6, 6.07) is 4.51. The molecule has 0 atom stereocenters. The first-order valence-electron chi connectivity index (χ1n) is 13.2. The number of benzene rings is 1. The Labute approximate surface area is 242 Å². The number of aromatic amines is 1. The first kappa shape index (κ1) is 29.8. The molecule has 10 nitrogen and oxygen atoms in total. The molecule has 3 N–H and O–H groups in total. The summed E-state index contributed by atoms with van der Waals surface area (Å²) in [6.45, 7) is 12.9. The zero-order chi connectivity index (χ0) is 28.9. The molecule has 0 radical (unpaired) electrons. The lowest BCUT2D eigenvalue weighted by atomic mass is 9.80. The van der Waals surface area contributed by atoms with E-state index in [1.54, 1.807) is 16.7 Å². The molecule has 1 saturated heterocycles. The summed E-state index contributed by atoms with van der Waals surface area (Å²) < 4.78 is 39.4. The normalized spacial score (nSPS) is 17.5. The lowest BCUT2D eigenvalue weighted by Gasteiger charge is -2.46. The van der Waals surface area contributed by atoms with Gasteiger partial charge in [-0.25, -0.2) is 17.9 Å². The van der Waals surface area contributed by atoms with Gasteiger partial charge in [-0.1, -0.05) is 6.92 Å². The molecule has 1 aromatic carbocycles. The number of sulfonamides is 1. The van der Waals surface area contributed by atoms with Crippen LogP contribution in [0.1, 0.15) is 60.8 Å². The molecule has 1 aliphatic rings. The van der Waals surface area contributed by atoms with Crippen molar-refractivity contribution in [3.8, 4) is 17.0 Å². The summed E-state index contributed by atoms with van der Waals surface area (Å²) in [5, 5.41) is 3.58. The summed E-state index contributed by atoms with van der Waals surface area (Å²) in [5.41, 5.74) is 0.556. The van der Waals surface area contributed by atoms with E-state index in [9.17, 15) is 18.0 Å². The fraction of sp³-hybridized carbons (Fsp3) is 0.556. The highest BCUT2D eigenvalue weighted by atomic mass is 127. The van der Waals surface area contributed by atoms with Crippen LogP contribution in [0, 0.1) is 3.57 Å². The fourth-order valence-electron chi connectivity index (χ4n) is 5.87. The van der Waals surface area contributed by atoms with Crippen LogP contribution in [0.3, 0.4) is 0 Å². The molecule has 3 aromatic rings. The molecular formula is C27H38IN5O5S. The van der Waals surface area contributed by atoms with Crippen LogP contribution in [-0.2, 0) is 23.6 Å². The minimum absolute atomic E-state index is 0.100. The van der Waals surface area contributed by atoms with Crippen LogP contribution in [0.15, 0.2) is 32.7 Å². The maximum atomic E-state index is 13.6. The number of aromatic nitrogens is 3. The molecule has 39 heavy (non-hydrogen) atoms. The number of nitrogens with one attached hydrogen (secondary N) is 3. The third kappa shape index (κ3) is 5.84. The van der Waals surface area contributed by atoms with Gasteiger partial charge in [0.2, 0.25) is 10.0 Å². The van der Waals surface area contributed by atoms with E-state index in [1.807, 2.05) is 13.8 Å². The van der Waals surface area contributed by atoms with E-state index in [2.05, 4.69) is 65.3 Å². The van der Waals surface area contributed by atoms with Crippen molar-refractivity contribution in [1.29, 1.82) is 0 Å². The maximum Gasteiger partial charge on any atom is 0.331 e. The quantitative estimate of drug-likeness (QED) is 0.314. The van der Waals surface area contributed by atoms with Gasteiger partial charge in [0.25, 0.3) is 5.56 Å². The molecule has 4 rings (SSSR count). The average Bonchev–Trinajstić information content (AvgIpc) is 3.15. The van der Waals surface area contributed by atoms with Crippen molar-refractivity contribution in [2.75, 3.05) is 6.61 Å². The summed E-state index contributed by atoms with van der Waals surface area (Å²) in [7, 11) is -2.42. The monoisotopic (exact) mass is 671 g/mol. The zero-order valence-corrected chi connectivity index (χ0v) is 26.5. The number of fused-ring (bicyclic) bond motifs is 1. The molecule has 1 fully saturated rings. The number of hydrogen-bond acceptors (Lipinski definition) is 6. The molecule has 1 aliphatic heterocycles. The Morgan fingerprint density at radius 3 is 2.36 bits per heavy atom. The third-order valence-electron chi connectivity index (χ3n) is 7.01. The van der Waals surface area contributed by atoms with E-state index in [0.29, 0.717) is 58.5 Å². The highest BCUT2D eigenvalue weighted by molar-refractivity contribution is 14.1. The minimum atomic E-state index is -3.87. The number of aryl methyl sites for hydroxylation is 1. The summed E-state index contributed by atoms with van der Waals surface area (Å²) in [6.07, 6.45) is 2.01. The van der Waals surface area contributed by atoms with Crippen LogP contribution in [0.4, 0.5) is 0 Å². The Morgan fingerprint density at radius 2 is 1.77 bits per heavy atom. The Morgan fingerprint density at radius 1 is 1.13 bits per heavy atom. The number of rotatable bonds is 8. The highest BCUT2D eigenvalue weighted by Crippen LogP contribution is 2.38. The summed E-state index contributed by atoms with van der Waals surface area (Å²) in [5.74, 6) is 0.478. The van der Waals surface area contributed by atoms with Gasteiger partial charge in [0.15, 0.2) is 0 Å². The Balaban J connectivity index is 1.85. The highest BCUT2D eigenvalue weighted by Gasteiger charge is 2.39. The second kappa shape index (κ2) is 10.7. The van der Waals surface area contributed by atoms with Gasteiger partial charge >= 0.3 is 5.69 Å². The van der Waals surface area contributed by atoms with Crippen molar-refractivity contribution >= 4 is 43.6 Å². The molecule has 0 unspecified atom stereocenters. The van der Waals surface area contributed by atoms with Gasteiger partial charge in [-0.15, -0.1) is 0 Å². The average molecular weight is 672 g/mol. The first-order chi connectivity index (χ1) is 18.1. The lowest BCUT2D eigenvalue weighted by Crippen LogP contribution is -2.62. The Bertz CT molecular complexity index is 1620. The molecule has 0 amide bonds. The van der Waals surface area contributed by atoms with E-state index in [4.69, 9.17) is 4.74 Å². The van der Waals surface area contributed by atoms with Crippen molar-refractivity contribution in [3.05, 3.63) is 42.6 Å². The van der Waals surface area contributed by atoms with Crippen molar-refractivity contribution in [2.45, 2.75) is 89.4 Å². The number of piperidine rings is 1. The van der Waals surface area contributed by atoms with Gasteiger partial charge in [0.1, 0.15) is 11.3 Å². The van der Waals surface area contributed by atoms with E-state index >= 15 is 0 Å². The van der Waals surface area contributed by atoms with Gasteiger partial charge in [-0.05, 0) is 94.7 Å². The molecule has 0 bridgehead atoms. The molecule has 3 heterocycles. The zero-order valence-electron chi connectivity index (χ0n) is 23.6. The van der Waals surface area contributed by atoms with Gasteiger partial charge in [0, 0.05) is 36.3 Å². The number of ether oxygens (including phenoxy) is 1. The predicted molar refractivity (Wildman–Crippen MR) is 162 cm³/mol. The third-order valence-corrected chi connectivity index (χ3v) is 9.58. The molecule has 0 spiro atoms. The molecule has 0 saturated carbocycles. The number of H-pyrrole nitrogens is 1. The van der Waals surface area contributed by atoms with Crippen LogP contribution >= 0.6 is 22.6 Å². The number of halogens is 1. The molecule has 12 heteroatoms. The minimum Gasteiger partial charge on any atom is -0.493 e. The number of nitrogens with zero attached hydrogens (tertiary/aromatic N) is 2. The van der Waals surface area contributed by atoms with Gasteiger partial charge in [-0.3, -0.25) is 13.9 Å². The maximum absolute atomic E-state index is 13.6.